The highest BCUT2D eigenvalue weighted by Crippen LogP contribution is 2.18. The first-order valence-electron chi connectivity index (χ1n) is 7.80. The monoisotopic (exact) mass is 332 g/mol. The van der Waals surface area contributed by atoms with Crippen LogP contribution in [-0.2, 0) is 16.3 Å². The summed E-state index contributed by atoms with van der Waals surface area (Å²) in [6.45, 7) is 5.17. The Morgan fingerprint density at radius 1 is 0.955 bits per heavy atom. The van der Waals surface area contributed by atoms with Crippen LogP contribution in [0.4, 0.5) is 8.78 Å². The van der Waals surface area contributed by atoms with Crippen LogP contribution in [0.25, 0.3) is 0 Å². The van der Waals surface area contributed by atoms with Crippen LogP contribution in [0.15, 0.2) is 18.2 Å². The fourth-order valence-corrected chi connectivity index (χ4v) is 3.37. The van der Waals surface area contributed by atoms with Crippen molar-refractivity contribution in [3.8, 4) is 0 Å². The van der Waals surface area contributed by atoms with Crippen LogP contribution in [0, 0.1) is 11.6 Å². The van der Waals surface area contributed by atoms with E-state index in [0.717, 1.165) is 31.7 Å². The van der Waals surface area contributed by atoms with Crippen molar-refractivity contribution in [3.05, 3.63) is 35.4 Å². The van der Waals surface area contributed by atoms with E-state index in [1.54, 1.807) is 20.8 Å². The molecule has 22 heavy (non-hydrogen) atoms. The minimum absolute atomic E-state index is 0.225. The normalized spacial score (nSPS) is 12.6. The van der Waals surface area contributed by atoms with Crippen molar-refractivity contribution in [2.24, 2.45) is 0 Å². The van der Waals surface area contributed by atoms with Gasteiger partial charge in [0, 0.05) is 6.07 Å². The van der Waals surface area contributed by atoms with Crippen molar-refractivity contribution in [2.75, 3.05) is 5.75 Å². The Morgan fingerprint density at radius 2 is 1.55 bits per heavy atom. The van der Waals surface area contributed by atoms with Crippen LogP contribution in [-0.4, -0.2) is 18.9 Å². The molecule has 0 N–H and O–H groups in total. The van der Waals surface area contributed by atoms with E-state index in [0.29, 0.717) is 18.4 Å². The highest BCUT2D eigenvalue weighted by molar-refractivity contribution is 7.92. The van der Waals surface area contributed by atoms with E-state index < -0.39 is 26.2 Å². The molecule has 0 saturated carbocycles. The molecule has 0 saturated heterocycles. The van der Waals surface area contributed by atoms with Crippen molar-refractivity contribution in [2.45, 2.75) is 64.0 Å². The van der Waals surface area contributed by atoms with Crippen LogP contribution in [0.2, 0.25) is 0 Å². The van der Waals surface area contributed by atoms with Crippen molar-refractivity contribution >= 4 is 9.84 Å². The van der Waals surface area contributed by atoms with Gasteiger partial charge in [0.25, 0.3) is 0 Å². The number of aryl methyl sites for hydroxylation is 1. The number of hydrogen-bond donors (Lipinski definition) is 0. The largest absolute Gasteiger partial charge is 0.228 e. The lowest BCUT2D eigenvalue weighted by Gasteiger charge is -2.18. The molecule has 126 valence electrons. The standard InChI is InChI=1S/C17H26F2O2S/c1-17(2,3)22(20,21)12-8-6-4-5-7-9-14-10-11-15(18)13-16(14)19/h10-11,13H,4-9,12H2,1-3H3. The van der Waals surface area contributed by atoms with Crippen molar-refractivity contribution in [3.63, 3.8) is 0 Å². The van der Waals surface area contributed by atoms with E-state index in [2.05, 4.69) is 0 Å². The first-order chi connectivity index (χ1) is 10.1. The Bertz CT molecular complexity index is 575. The van der Waals surface area contributed by atoms with Gasteiger partial charge in [0.2, 0.25) is 0 Å². The molecule has 0 spiro atoms. The van der Waals surface area contributed by atoms with Crippen molar-refractivity contribution in [1.82, 2.24) is 0 Å². The van der Waals surface area contributed by atoms with E-state index in [4.69, 9.17) is 0 Å². The molecule has 0 bridgehead atoms. The van der Waals surface area contributed by atoms with Gasteiger partial charge in [-0.05, 0) is 51.7 Å². The lowest BCUT2D eigenvalue weighted by atomic mass is 10.1. The molecule has 0 heterocycles. The third kappa shape index (κ3) is 6.03. The molecule has 0 atom stereocenters. The minimum atomic E-state index is -3.03. The summed E-state index contributed by atoms with van der Waals surface area (Å²) in [5.41, 5.74) is 0.539. The zero-order valence-corrected chi connectivity index (χ0v) is 14.5. The fourth-order valence-electron chi connectivity index (χ4n) is 2.17. The summed E-state index contributed by atoms with van der Waals surface area (Å²) in [5.74, 6) is -0.819. The van der Waals surface area contributed by atoms with Gasteiger partial charge in [0.15, 0.2) is 9.84 Å². The summed E-state index contributed by atoms with van der Waals surface area (Å²) in [7, 11) is -3.03. The van der Waals surface area contributed by atoms with Crippen molar-refractivity contribution in [1.29, 1.82) is 0 Å². The predicted molar refractivity (Wildman–Crippen MR) is 86.7 cm³/mol. The number of sulfone groups is 1. The maximum Gasteiger partial charge on any atom is 0.155 e. The zero-order valence-electron chi connectivity index (χ0n) is 13.7. The van der Waals surface area contributed by atoms with Gasteiger partial charge in [0.05, 0.1) is 10.5 Å². The highest BCUT2D eigenvalue weighted by Gasteiger charge is 2.27. The molecule has 0 fully saturated rings. The number of halogens is 2. The number of hydrogen-bond acceptors (Lipinski definition) is 2. The maximum atomic E-state index is 13.4. The summed E-state index contributed by atoms with van der Waals surface area (Å²) in [6, 6.07) is 3.67. The lowest BCUT2D eigenvalue weighted by Crippen LogP contribution is -2.30. The molecule has 0 unspecified atom stereocenters. The van der Waals surface area contributed by atoms with Gasteiger partial charge < -0.3 is 0 Å². The van der Waals surface area contributed by atoms with E-state index in [9.17, 15) is 17.2 Å². The number of benzene rings is 1. The molecule has 0 amide bonds. The molecule has 0 aliphatic heterocycles. The van der Waals surface area contributed by atoms with Crippen LogP contribution in [0.3, 0.4) is 0 Å². The Hall–Kier alpha value is -0.970. The molecule has 0 aromatic heterocycles. The lowest BCUT2D eigenvalue weighted by molar-refractivity contribution is 0.549. The Morgan fingerprint density at radius 3 is 2.14 bits per heavy atom. The first kappa shape index (κ1) is 19.1. The zero-order chi connectivity index (χ0) is 16.8. The van der Waals surface area contributed by atoms with Gasteiger partial charge >= 0.3 is 0 Å². The minimum Gasteiger partial charge on any atom is -0.228 e. The van der Waals surface area contributed by atoms with Crippen LogP contribution in [0.5, 0.6) is 0 Å². The van der Waals surface area contributed by atoms with Gasteiger partial charge in [-0.1, -0.05) is 25.3 Å². The molecule has 5 heteroatoms. The molecule has 0 aliphatic rings. The van der Waals surface area contributed by atoms with E-state index in [-0.39, 0.29) is 5.75 Å². The Balaban J connectivity index is 2.19. The van der Waals surface area contributed by atoms with E-state index in [1.165, 1.54) is 12.1 Å². The Labute approximate surface area is 132 Å². The maximum absolute atomic E-state index is 13.4. The summed E-state index contributed by atoms with van der Waals surface area (Å²) in [5, 5.41) is 0. The second-order valence-corrected chi connectivity index (χ2v) is 9.55. The third-order valence-electron chi connectivity index (χ3n) is 3.81. The van der Waals surface area contributed by atoms with E-state index >= 15 is 0 Å². The fraction of sp³-hybridized carbons (Fsp3) is 0.647. The second kappa shape index (κ2) is 8.04. The van der Waals surface area contributed by atoms with Crippen LogP contribution >= 0.6 is 0 Å². The Kier molecular flexibility index (Phi) is 6.98. The van der Waals surface area contributed by atoms with E-state index in [1.807, 2.05) is 0 Å². The average molecular weight is 332 g/mol. The molecular weight excluding hydrogens is 306 g/mol. The van der Waals surface area contributed by atoms with Crippen LogP contribution in [0.1, 0.15) is 58.4 Å². The SMILES string of the molecule is CC(C)(C)S(=O)(=O)CCCCCCCc1ccc(F)cc1F. The average Bonchev–Trinajstić information content (AvgIpc) is 2.38. The van der Waals surface area contributed by atoms with Gasteiger partial charge in [-0.25, -0.2) is 17.2 Å². The van der Waals surface area contributed by atoms with Gasteiger partial charge in [-0.3, -0.25) is 0 Å². The van der Waals surface area contributed by atoms with Gasteiger partial charge in [0.1, 0.15) is 11.6 Å². The second-order valence-electron chi connectivity index (χ2n) is 6.68. The number of unbranched alkanes of at least 4 members (excludes halogenated alkanes) is 4. The smallest absolute Gasteiger partial charge is 0.155 e. The molecule has 0 aliphatic carbocycles. The number of rotatable bonds is 8. The molecule has 1 aromatic rings. The predicted octanol–water partition coefficient (Wildman–Crippen LogP) is 4.67. The highest BCUT2D eigenvalue weighted by atomic mass is 32.2. The molecule has 1 rings (SSSR count). The van der Waals surface area contributed by atoms with Gasteiger partial charge in [-0.2, -0.15) is 0 Å². The van der Waals surface area contributed by atoms with Crippen molar-refractivity contribution < 1.29 is 17.2 Å². The molecule has 2 nitrogen and oxygen atoms in total. The molecule has 0 radical (unpaired) electrons. The first-order valence-corrected chi connectivity index (χ1v) is 9.45. The molecular formula is C17H26F2O2S. The summed E-state index contributed by atoms with van der Waals surface area (Å²) in [4.78, 5) is 0. The molecule has 1 aromatic carbocycles. The summed E-state index contributed by atoms with van der Waals surface area (Å²) < 4.78 is 49.3. The summed E-state index contributed by atoms with van der Waals surface area (Å²) >= 11 is 0. The third-order valence-corrected chi connectivity index (χ3v) is 6.50. The quantitative estimate of drug-likeness (QED) is 0.648. The van der Waals surface area contributed by atoms with Gasteiger partial charge in [-0.15, -0.1) is 0 Å². The topological polar surface area (TPSA) is 34.1 Å². The summed E-state index contributed by atoms with van der Waals surface area (Å²) in [6.07, 6.45) is 4.81. The van der Waals surface area contributed by atoms with Crippen LogP contribution < -0.4 is 0 Å².